The van der Waals surface area contributed by atoms with Gasteiger partial charge >= 0.3 is 0 Å². The maximum absolute atomic E-state index is 14.5. The number of ether oxygens (including phenoxy) is 1. The van der Waals surface area contributed by atoms with Crippen molar-refractivity contribution < 1.29 is 13.5 Å². The number of hydrogen-bond acceptors (Lipinski definition) is 4. The van der Waals surface area contributed by atoms with Crippen LogP contribution in [-0.2, 0) is 7.05 Å². The van der Waals surface area contributed by atoms with Crippen molar-refractivity contribution in [2.24, 2.45) is 7.05 Å². The number of benzene rings is 2. The first-order valence-electron chi connectivity index (χ1n) is 6.61. The number of aromatic nitrogens is 3. The minimum Gasteiger partial charge on any atom is -0.454 e. The van der Waals surface area contributed by atoms with Crippen molar-refractivity contribution in [2.45, 2.75) is 13.8 Å². The van der Waals surface area contributed by atoms with Crippen LogP contribution in [0, 0.1) is 25.5 Å². The highest BCUT2D eigenvalue weighted by Crippen LogP contribution is 2.34. The van der Waals surface area contributed by atoms with E-state index in [-0.39, 0.29) is 22.7 Å². The molecule has 0 unspecified atom stereocenters. The number of fused-ring (bicyclic) bond motifs is 1. The van der Waals surface area contributed by atoms with Gasteiger partial charge in [-0.05, 0) is 26.0 Å². The summed E-state index contributed by atoms with van der Waals surface area (Å²) in [4.78, 5) is 0. The van der Waals surface area contributed by atoms with Crippen LogP contribution in [0.15, 0.2) is 18.2 Å². The number of nitrogen functional groups attached to an aromatic ring is 1. The van der Waals surface area contributed by atoms with Gasteiger partial charge in [0.05, 0.1) is 11.2 Å². The lowest BCUT2D eigenvalue weighted by atomic mass is 10.1. The Hall–Kier alpha value is -2.70. The first-order chi connectivity index (χ1) is 10.4. The van der Waals surface area contributed by atoms with Crippen LogP contribution in [0.2, 0.25) is 0 Å². The van der Waals surface area contributed by atoms with Crippen LogP contribution < -0.4 is 10.5 Å². The SMILES string of the molecule is Cc1c(Oc2cc3nnn(C)c3c(C)c2F)ccc(N)c1F. The van der Waals surface area contributed by atoms with Gasteiger partial charge in [-0.2, -0.15) is 0 Å². The predicted octanol–water partition coefficient (Wildman–Crippen LogP) is 3.24. The summed E-state index contributed by atoms with van der Waals surface area (Å²) in [5.41, 5.74) is 7.19. The molecular weight excluding hydrogens is 290 g/mol. The molecule has 114 valence electrons. The maximum Gasteiger partial charge on any atom is 0.170 e. The molecule has 0 aliphatic rings. The number of nitrogens with zero attached hydrogens (tertiary/aromatic N) is 3. The molecule has 5 nitrogen and oxygen atoms in total. The number of rotatable bonds is 2. The van der Waals surface area contributed by atoms with E-state index in [2.05, 4.69) is 10.3 Å². The largest absolute Gasteiger partial charge is 0.454 e. The van der Waals surface area contributed by atoms with Gasteiger partial charge in [0.2, 0.25) is 0 Å². The van der Waals surface area contributed by atoms with Gasteiger partial charge in [0, 0.05) is 24.2 Å². The minimum atomic E-state index is -0.574. The van der Waals surface area contributed by atoms with E-state index in [1.807, 2.05) is 0 Å². The van der Waals surface area contributed by atoms with Gasteiger partial charge in [-0.15, -0.1) is 5.10 Å². The zero-order valence-corrected chi connectivity index (χ0v) is 12.3. The standard InChI is InChI=1S/C15H14F2N4O/c1-7-11(5-4-9(18)13(7)16)22-12-6-10-15(8(2)14(12)17)21(3)20-19-10/h4-6H,18H2,1-3H3. The molecule has 22 heavy (non-hydrogen) atoms. The first-order valence-corrected chi connectivity index (χ1v) is 6.61. The third kappa shape index (κ3) is 2.05. The molecule has 0 radical (unpaired) electrons. The summed E-state index contributed by atoms with van der Waals surface area (Å²) in [6.07, 6.45) is 0. The Morgan fingerprint density at radius 2 is 1.82 bits per heavy atom. The fourth-order valence-electron chi connectivity index (χ4n) is 2.37. The Bertz CT molecular complexity index is 889. The molecule has 1 aromatic heterocycles. The molecule has 3 aromatic rings. The second kappa shape index (κ2) is 4.94. The molecule has 0 aliphatic carbocycles. The lowest BCUT2D eigenvalue weighted by Gasteiger charge is -2.12. The monoisotopic (exact) mass is 304 g/mol. The van der Waals surface area contributed by atoms with Gasteiger partial charge < -0.3 is 10.5 Å². The number of aryl methyl sites for hydroxylation is 2. The van der Waals surface area contributed by atoms with Gasteiger partial charge in [-0.25, -0.2) is 13.5 Å². The van der Waals surface area contributed by atoms with Crippen LogP contribution in [0.25, 0.3) is 11.0 Å². The summed E-state index contributed by atoms with van der Waals surface area (Å²) in [6, 6.07) is 4.32. The van der Waals surface area contributed by atoms with Gasteiger partial charge in [0.1, 0.15) is 11.3 Å². The molecular formula is C15H14F2N4O. The topological polar surface area (TPSA) is 66.0 Å². The molecule has 0 saturated carbocycles. The third-order valence-corrected chi connectivity index (χ3v) is 3.61. The average Bonchev–Trinajstić information content (AvgIpc) is 2.86. The van der Waals surface area contributed by atoms with Gasteiger partial charge in [0.25, 0.3) is 0 Å². The van der Waals surface area contributed by atoms with Crippen molar-refractivity contribution in [3.63, 3.8) is 0 Å². The summed E-state index contributed by atoms with van der Waals surface area (Å²) < 4.78 is 35.3. The number of nitrogens with two attached hydrogens (primary N) is 1. The normalized spacial score (nSPS) is 11.1. The molecule has 0 fully saturated rings. The summed E-state index contributed by atoms with van der Waals surface area (Å²) in [7, 11) is 1.68. The minimum absolute atomic E-state index is 0.0193. The predicted molar refractivity (Wildman–Crippen MR) is 78.8 cm³/mol. The molecule has 0 spiro atoms. The van der Waals surface area contributed by atoms with E-state index < -0.39 is 11.6 Å². The van der Waals surface area contributed by atoms with Gasteiger partial charge in [-0.3, -0.25) is 0 Å². The van der Waals surface area contributed by atoms with Gasteiger partial charge in [-0.1, -0.05) is 5.21 Å². The summed E-state index contributed by atoms with van der Waals surface area (Å²) in [6.45, 7) is 3.14. The van der Waals surface area contributed by atoms with E-state index in [1.54, 1.807) is 14.0 Å². The van der Waals surface area contributed by atoms with E-state index >= 15 is 0 Å². The Labute approximate surface area is 125 Å². The van der Waals surface area contributed by atoms with Crippen molar-refractivity contribution in [3.8, 4) is 11.5 Å². The summed E-state index contributed by atoms with van der Waals surface area (Å²) in [5.74, 6) is -0.934. The van der Waals surface area contributed by atoms with Crippen LogP contribution in [0.4, 0.5) is 14.5 Å². The smallest absolute Gasteiger partial charge is 0.170 e. The van der Waals surface area contributed by atoms with E-state index in [1.165, 1.54) is 29.8 Å². The number of anilines is 1. The van der Waals surface area contributed by atoms with Crippen LogP contribution >= 0.6 is 0 Å². The van der Waals surface area contributed by atoms with Crippen LogP contribution in [0.3, 0.4) is 0 Å². The molecule has 2 aromatic carbocycles. The van der Waals surface area contributed by atoms with E-state index in [0.29, 0.717) is 16.6 Å². The Kier molecular flexibility index (Phi) is 3.20. The fraction of sp³-hybridized carbons (Fsp3) is 0.200. The second-order valence-corrected chi connectivity index (χ2v) is 5.09. The van der Waals surface area contributed by atoms with E-state index in [9.17, 15) is 8.78 Å². The molecule has 0 atom stereocenters. The Morgan fingerprint density at radius 1 is 1.09 bits per heavy atom. The third-order valence-electron chi connectivity index (χ3n) is 3.61. The fourth-order valence-corrected chi connectivity index (χ4v) is 2.37. The quantitative estimate of drug-likeness (QED) is 0.738. The first kappa shape index (κ1) is 14.2. The molecule has 0 aliphatic heterocycles. The van der Waals surface area contributed by atoms with E-state index in [0.717, 1.165) is 0 Å². The average molecular weight is 304 g/mol. The molecule has 0 amide bonds. The van der Waals surface area contributed by atoms with Crippen molar-refractivity contribution >= 4 is 16.7 Å². The highest BCUT2D eigenvalue weighted by molar-refractivity contribution is 5.80. The molecule has 2 N–H and O–H groups in total. The molecule has 0 saturated heterocycles. The molecule has 3 rings (SSSR count). The highest BCUT2D eigenvalue weighted by Gasteiger charge is 2.17. The molecule has 0 bridgehead atoms. The lowest BCUT2D eigenvalue weighted by Crippen LogP contribution is -1.99. The van der Waals surface area contributed by atoms with Crippen molar-refractivity contribution in [2.75, 3.05) is 5.73 Å². The van der Waals surface area contributed by atoms with Crippen LogP contribution in [0.5, 0.6) is 11.5 Å². The van der Waals surface area contributed by atoms with Crippen molar-refractivity contribution in [1.82, 2.24) is 15.0 Å². The van der Waals surface area contributed by atoms with Crippen molar-refractivity contribution in [3.05, 3.63) is 41.0 Å². The van der Waals surface area contributed by atoms with Gasteiger partial charge in [0.15, 0.2) is 17.4 Å². The highest BCUT2D eigenvalue weighted by atomic mass is 19.1. The van der Waals surface area contributed by atoms with E-state index in [4.69, 9.17) is 10.5 Å². The van der Waals surface area contributed by atoms with Crippen LogP contribution in [-0.4, -0.2) is 15.0 Å². The number of halogens is 2. The zero-order chi connectivity index (χ0) is 16.0. The maximum atomic E-state index is 14.5. The Balaban J connectivity index is 2.12. The summed E-state index contributed by atoms with van der Waals surface area (Å²) in [5, 5.41) is 7.81. The second-order valence-electron chi connectivity index (χ2n) is 5.09. The van der Waals surface area contributed by atoms with Crippen molar-refractivity contribution in [1.29, 1.82) is 0 Å². The molecule has 7 heteroatoms. The lowest BCUT2D eigenvalue weighted by molar-refractivity contribution is 0.434. The molecule has 1 heterocycles. The van der Waals surface area contributed by atoms with Crippen LogP contribution in [0.1, 0.15) is 11.1 Å². The Morgan fingerprint density at radius 3 is 2.55 bits per heavy atom. The number of hydrogen-bond donors (Lipinski definition) is 1. The summed E-state index contributed by atoms with van der Waals surface area (Å²) >= 11 is 0. The zero-order valence-electron chi connectivity index (χ0n) is 12.3.